The molecule has 0 unspecified atom stereocenters. The molecular weight excluding hydrogens is 518 g/mol. The fraction of sp³-hybridized carbons (Fsp3) is 0.462. The van der Waals surface area contributed by atoms with Crippen LogP contribution in [-0.4, -0.2) is 63.2 Å². The summed E-state index contributed by atoms with van der Waals surface area (Å²) >= 11 is 6.01. The van der Waals surface area contributed by atoms with Crippen LogP contribution in [0.3, 0.4) is 0 Å². The number of unbranched alkanes of at least 4 members (excludes halogenated alkanes) is 1. The first-order valence-electron chi connectivity index (χ1n) is 12.4. The Morgan fingerprint density at radius 1 is 1.05 bits per heavy atom. The Morgan fingerprint density at radius 3 is 2.38 bits per heavy atom. The fourth-order valence-electron chi connectivity index (χ4n) is 3.81. The summed E-state index contributed by atoms with van der Waals surface area (Å²) in [4.78, 5) is 28.0. The van der Waals surface area contributed by atoms with E-state index < -0.39 is 28.5 Å². The SMILES string of the molecule is CCCCNC(=O)[C@H](C)N(Cc1ccc(Cl)cc1)C(=O)CN(c1ccc2c(c1)OCCO2)S(=O)(=O)CC. The first-order valence-corrected chi connectivity index (χ1v) is 14.4. The van der Waals surface area contributed by atoms with Crippen molar-refractivity contribution in [2.75, 3.05) is 36.4 Å². The topological polar surface area (TPSA) is 105 Å². The van der Waals surface area contributed by atoms with Crippen LogP contribution in [0.2, 0.25) is 5.02 Å². The number of anilines is 1. The van der Waals surface area contributed by atoms with Gasteiger partial charge in [-0.3, -0.25) is 13.9 Å². The van der Waals surface area contributed by atoms with Crippen molar-refractivity contribution in [1.82, 2.24) is 10.2 Å². The van der Waals surface area contributed by atoms with Crippen molar-refractivity contribution in [3.05, 3.63) is 53.1 Å². The largest absolute Gasteiger partial charge is 0.486 e. The second-order valence-electron chi connectivity index (χ2n) is 8.70. The first-order chi connectivity index (χ1) is 17.7. The molecule has 0 saturated carbocycles. The third-order valence-corrected chi connectivity index (χ3v) is 8.05. The molecule has 2 aromatic carbocycles. The van der Waals surface area contributed by atoms with E-state index in [9.17, 15) is 18.0 Å². The monoisotopic (exact) mass is 551 g/mol. The number of hydrogen-bond acceptors (Lipinski definition) is 6. The second-order valence-corrected chi connectivity index (χ2v) is 11.3. The minimum Gasteiger partial charge on any atom is -0.486 e. The molecule has 0 radical (unpaired) electrons. The Morgan fingerprint density at radius 2 is 1.73 bits per heavy atom. The third kappa shape index (κ3) is 7.52. The lowest BCUT2D eigenvalue weighted by Gasteiger charge is -2.32. The normalized spacial score (nSPS) is 13.5. The number of hydrogen-bond donors (Lipinski definition) is 1. The van der Waals surface area contributed by atoms with Crippen LogP contribution in [-0.2, 0) is 26.2 Å². The third-order valence-electron chi connectivity index (χ3n) is 6.06. The van der Waals surface area contributed by atoms with Crippen molar-refractivity contribution < 1.29 is 27.5 Å². The van der Waals surface area contributed by atoms with Crippen molar-refractivity contribution in [2.24, 2.45) is 0 Å². The summed E-state index contributed by atoms with van der Waals surface area (Å²) in [7, 11) is -3.84. The van der Waals surface area contributed by atoms with Gasteiger partial charge in [0.05, 0.1) is 11.4 Å². The summed E-state index contributed by atoms with van der Waals surface area (Å²) in [5.41, 5.74) is 1.04. The van der Waals surface area contributed by atoms with Crippen molar-refractivity contribution >= 4 is 39.1 Å². The minimum absolute atomic E-state index is 0.111. The lowest BCUT2D eigenvalue weighted by atomic mass is 10.1. The smallest absolute Gasteiger partial charge is 0.244 e. The maximum Gasteiger partial charge on any atom is 0.244 e. The van der Waals surface area contributed by atoms with Crippen LogP contribution in [0, 0.1) is 0 Å². The minimum atomic E-state index is -3.84. The second kappa shape index (κ2) is 13.0. The van der Waals surface area contributed by atoms with Gasteiger partial charge in [0.15, 0.2) is 11.5 Å². The Balaban J connectivity index is 1.91. The molecule has 37 heavy (non-hydrogen) atoms. The summed E-state index contributed by atoms with van der Waals surface area (Å²) in [5, 5.41) is 3.41. The van der Waals surface area contributed by atoms with Crippen molar-refractivity contribution in [1.29, 1.82) is 0 Å². The van der Waals surface area contributed by atoms with Gasteiger partial charge in [0.1, 0.15) is 25.8 Å². The van der Waals surface area contributed by atoms with Gasteiger partial charge in [0.2, 0.25) is 21.8 Å². The van der Waals surface area contributed by atoms with Crippen molar-refractivity contribution in [3.63, 3.8) is 0 Å². The highest BCUT2D eigenvalue weighted by molar-refractivity contribution is 7.92. The van der Waals surface area contributed by atoms with E-state index >= 15 is 0 Å². The van der Waals surface area contributed by atoms with E-state index in [-0.39, 0.29) is 23.9 Å². The first kappa shape index (κ1) is 28.6. The van der Waals surface area contributed by atoms with E-state index in [0.29, 0.717) is 36.3 Å². The average Bonchev–Trinajstić information content (AvgIpc) is 2.90. The Hall–Kier alpha value is -2.98. The van der Waals surface area contributed by atoms with Gasteiger partial charge in [0.25, 0.3) is 0 Å². The maximum atomic E-state index is 13.7. The molecule has 202 valence electrons. The Bertz CT molecular complexity index is 1190. The van der Waals surface area contributed by atoms with Crippen LogP contribution in [0.15, 0.2) is 42.5 Å². The highest BCUT2D eigenvalue weighted by Crippen LogP contribution is 2.35. The summed E-state index contributed by atoms with van der Waals surface area (Å²) in [6.45, 7) is 6.05. The van der Waals surface area contributed by atoms with Gasteiger partial charge in [-0.1, -0.05) is 37.1 Å². The molecule has 2 aromatic rings. The predicted octanol–water partition coefficient (Wildman–Crippen LogP) is 3.60. The van der Waals surface area contributed by atoms with Gasteiger partial charge < -0.3 is 19.7 Å². The maximum absolute atomic E-state index is 13.7. The highest BCUT2D eigenvalue weighted by atomic mass is 35.5. The van der Waals surface area contributed by atoms with E-state index in [1.54, 1.807) is 49.4 Å². The molecule has 11 heteroatoms. The number of nitrogens with one attached hydrogen (secondary N) is 1. The van der Waals surface area contributed by atoms with E-state index in [1.807, 2.05) is 6.92 Å². The molecule has 1 N–H and O–H groups in total. The number of carbonyl (C=O) groups is 2. The molecule has 3 rings (SSSR count). The van der Waals surface area contributed by atoms with Crippen LogP contribution < -0.4 is 19.1 Å². The molecule has 0 saturated heterocycles. The number of sulfonamides is 1. The number of rotatable bonds is 12. The molecule has 0 aliphatic carbocycles. The van der Waals surface area contributed by atoms with E-state index in [0.717, 1.165) is 22.7 Å². The van der Waals surface area contributed by atoms with Crippen LogP contribution >= 0.6 is 11.6 Å². The van der Waals surface area contributed by atoms with Crippen LogP contribution in [0.25, 0.3) is 0 Å². The number of halogens is 1. The number of fused-ring (bicyclic) bond motifs is 1. The molecule has 0 fully saturated rings. The van der Waals surface area contributed by atoms with Gasteiger partial charge in [0, 0.05) is 24.2 Å². The average molecular weight is 552 g/mol. The quantitative estimate of drug-likeness (QED) is 0.404. The van der Waals surface area contributed by atoms with Gasteiger partial charge in [-0.05, 0) is 50.1 Å². The predicted molar refractivity (Wildman–Crippen MR) is 144 cm³/mol. The number of amides is 2. The Labute approximate surface area is 223 Å². The lowest BCUT2D eigenvalue weighted by molar-refractivity contribution is -0.139. The number of ether oxygens (including phenoxy) is 2. The molecule has 1 aliphatic rings. The molecule has 2 amide bonds. The molecular formula is C26H34ClN3O6S. The number of benzene rings is 2. The zero-order valence-corrected chi connectivity index (χ0v) is 23.0. The number of nitrogens with zero attached hydrogens (tertiary/aromatic N) is 2. The van der Waals surface area contributed by atoms with E-state index in [4.69, 9.17) is 21.1 Å². The molecule has 0 bridgehead atoms. The molecule has 0 spiro atoms. The summed E-state index contributed by atoms with van der Waals surface area (Å²) in [6.07, 6.45) is 1.73. The van der Waals surface area contributed by atoms with E-state index in [2.05, 4.69) is 5.32 Å². The van der Waals surface area contributed by atoms with Crippen LogP contribution in [0.4, 0.5) is 5.69 Å². The molecule has 1 aliphatic heterocycles. The highest BCUT2D eigenvalue weighted by Gasteiger charge is 2.31. The van der Waals surface area contributed by atoms with Gasteiger partial charge in [-0.2, -0.15) is 0 Å². The standard InChI is InChI=1S/C26H34ClN3O6S/c1-4-6-13-28-26(32)19(3)29(17-20-7-9-21(27)10-8-20)25(31)18-30(37(33,34)5-2)22-11-12-23-24(16-22)36-15-14-35-23/h7-12,16,19H,4-6,13-15,17-18H2,1-3H3,(H,28,32)/t19-/m0/s1. The molecule has 9 nitrogen and oxygen atoms in total. The zero-order chi connectivity index (χ0) is 27.0. The molecule has 1 heterocycles. The van der Waals surface area contributed by atoms with Crippen molar-refractivity contribution in [3.8, 4) is 11.5 Å². The summed E-state index contributed by atoms with van der Waals surface area (Å²) < 4.78 is 38.4. The number of carbonyl (C=O) groups excluding carboxylic acids is 2. The van der Waals surface area contributed by atoms with Crippen LogP contribution in [0.5, 0.6) is 11.5 Å². The van der Waals surface area contributed by atoms with Crippen LogP contribution in [0.1, 0.15) is 39.2 Å². The lowest BCUT2D eigenvalue weighted by Crippen LogP contribution is -2.51. The Kier molecular flexibility index (Phi) is 10.0. The van der Waals surface area contributed by atoms with E-state index in [1.165, 1.54) is 11.8 Å². The summed E-state index contributed by atoms with van der Waals surface area (Å²) in [6, 6.07) is 10.9. The van der Waals surface area contributed by atoms with Gasteiger partial charge >= 0.3 is 0 Å². The fourth-order valence-corrected chi connectivity index (χ4v) is 4.99. The summed E-state index contributed by atoms with van der Waals surface area (Å²) in [5.74, 6) is -0.106. The van der Waals surface area contributed by atoms with Gasteiger partial charge in [-0.25, -0.2) is 8.42 Å². The molecule has 0 aromatic heterocycles. The van der Waals surface area contributed by atoms with Crippen molar-refractivity contribution in [2.45, 2.75) is 46.2 Å². The molecule has 1 atom stereocenters. The van der Waals surface area contributed by atoms with Gasteiger partial charge in [-0.15, -0.1) is 0 Å². The zero-order valence-electron chi connectivity index (χ0n) is 21.4.